The summed E-state index contributed by atoms with van der Waals surface area (Å²) in [6.07, 6.45) is 2.15. The fraction of sp³-hybridized carbons (Fsp3) is 0.600. The van der Waals surface area contributed by atoms with Crippen LogP contribution in [0.3, 0.4) is 0 Å². The van der Waals surface area contributed by atoms with Crippen LogP contribution in [0.15, 0.2) is 4.42 Å². The second kappa shape index (κ2) is 7.72. The number of ether oxygens (including phenoxy) is 2. The Morgan fingerprint density at radius 2 is 1.60 bits per heavy atom. The molecule has 0 aliphatic rings. The van der Waals surface area contributed by atoms with E-state index in [1.54, 1.807) is 13.8 Å². The van der Waals surface area contributed by atoms with Crippen molar-refractivity contribution in [1.29, 1.82) is 0 Å². The summed E-state index contributed by atoms with van der Waals surface area (Å²) in [5.41, 5.74) is 0.963. The first-order valence-corrected chi connectivity index (χ1v) is 7.09. The first-order chi connectivity index (χ1) is 9.60. The predicted octanol–water partition coefficient (Wildman–Crippen LogP) is 3.15. The summed E-state index contributed by atoms with van der Waals surface area (Å²) in [4.78, 5) is 24.0. The van der Waals surface area contributed by atoms with Crippen LogP contribution in [0, 0.1) is 0 Å². The summed E-state index contributed by atoms with van der Waals surface area (Å²) >= 11 is 0. The first kappa shape index (κ1) is 16.3. The van der Waals surface area contributed by atoms with Gasteiger partial charge in [-0.1, -0.05) is 13.8 Å². The number of carbonyl (C=O) groups is 2. The Morgan fingerprint density at radius 1 is 1.00 bits per heavy atom. The lowest BCUT2D eigenvalue weighted by molar-refractivity contribution is 0.0450. The number of esters is 2. The Bertz CT molecular complexity index is 473. The van der Waals surface area contributed by atoms with Crippen molar-refractivity contribution in [2.45, 2.75) is 47.0 Å². The van der Waals surface area contributed by atoms with E-state index >= 15 is 0 Å². The molecule has 1 heterocycles. The molecule has 5 heteroatoms. The van der Waals surface area contributed by atoms with Crippen molar-refractivity contribution < 1.29 is 23.5 Å². The van der Waals surface area contributed by atoms with Crippen LogP contribution in [0.2, 0.25) is 0 Å². The van der Waals surface area contributed by atoms with Crippen LogP contribution < -0.4 is 0 Å². The second-order valence-electron chi connectivity index (χ2n) is 4.25. The van der Waals surface area contributed by atoms with Gasteiger partial charge in [-0.2, -0.15) is 0 Å². The average Bonchev–Trinajstić information content (AvgIpc) is 2.78. The number of carbonyl (C=O) groups excluding carboxylic acids is 2. The van der Waals surface area contributed by atoms with Gasteiger partial charge >= 0.3 is 11.9 Å². The summed E-state index contributed by atoms with van der Waals surface area (Å²) in [7, 11) is 0. The third-order valence-electron chi connectivity index (χ3n) is 2.86. The van der Waals surface area contributed by atoms with Gasteiger partial charge in [0.05, 0.1) is 13.2 Å². The van der Waals surface area contributed by atoms with Gasteiger partial charge < -0.3 is 13.9 Å². The highest BCUT2D eigenvalue weighted by Crippen LogP contribution is 2.26. The lowest BCUT2D eigenvalue weighted by Gasteiger charge is -2.04. The van der Waals surface area contributed by atoms with E-state index in [1.165, 1.54) is 0 Å². The van der Waals surface area contributed by atoms with Crippen molar-refractivity contribution in [3.63, 3.8) is 0 Å². The minimum Gasteiger partial charge on any atom is -0.462 e. The van der Waals surface area contributed by atoms with Crippen LogP contribution in [0.1, 0.15) is 66.4 Å². The van der Waals surface area contributed by atoms with Gasteiger partial charge in [-0.15, -0.1) is 0 Å². The topological polar surface area (TPSA) is 65.7 Å². The molecule has 1 aromatic rings. The lowest BCUT2D eigenvalue weighted by Crippen LogP contribution is -2.13. The Balaban J connectivity index is 3.32. The predicted molar refractivity (Wildman–Crippen MR) is 74.0 cm³/mol. The molecule has 0 radical (unpaired) electrons. The minimum atomic E-state index is -0.618. The van der Waals surface area contributed by atoms with Crippen LogP contribution in [0.4, 0.5) is 0 Å². The molecule has 0 saturated heterocycles. The number of aryl methyl sites for hydroxylation is 1. The summed E-state index contributed by atoms with van der Waals surface area (Å²) < 4.78 is 15.6. The van der Waals surface area contributed by atoms with E-state index in [4.69, 9.17) is 13.9 Å². The van der Waals surface area contributed by atoms with Crippen LogP contribution in [0.25, 0.3) is 0 Å². The zero-order valence-electron chi connectivity index (χ0n) is 12.6. The molecule has 0 spiro atoms. The number of hydrogen-bond donors (Lipinski definition) is 0. The zero-order valence-corrected chi connectivity index (χ0v) is 12.6. The van der Waals surface area contributed by atoms with Gasteiger partial charge in [0, 0.05) is 12.0 Å². The van der Waals surface area contributed by atoms with E-state index < -0.39 is 11.9 Å². The molecule has 0 atom stereocenters. The quantitative estimate of drug-likeness (QED) is 0.719. The smallest absolute Gasteiger partial charge is 0.375 e. The van der Waals surface area contributed by atoms with Crippen molar-refractivity contribution >= 4 is 11.9 Å². The molecule has 20 heavy (non-hydrogen) atoms. The minimum absolute atomic E-state index is 0.0365. The lowest BCUT2D eigenvalue weighted by atomic mass is 10.0. The van der Waals surface area contributed by atoms with Crippen molar-refractivity contribution in [3.8, 4) is 0 Å². The Kier molecular flexibility index (Phi) is 6.28. The van der Waals surface area contributed by atoms with E-state index in [1.807, 2.05) is 13.8 Å². The van der Waals surface area contributed by atoms with Crippen LogP contribution in [-0.4, -0.2) is 25.2 Å². The molecule has 0 aliphatic heterocycles. The average molecular weight is 282 g/mol. The Morgan fingerprint density at radius 3 is 2.10 bits per heavy atom. The normalized spacial score (nSPS) is 10.4. The van der Waals surface area contributed by atoms with E-state index in [0.717, 1.165) is 12.0 Å². The monoisotopic (exact) mass is 282 g/mol. The molecule has 0 amide bonds. The molecule has 0 fully saturated rings. The molecule has 1 rings (SSSR count). The fourth-order valence-corrected chi connectivity index (χ4v) is 2.07. The Hall–Kier alpha value is -1.78. The largest absolute Gasteiger partial charge is 0.462 e. The summed E-state index contributed by atoms with van der Waals surface area (Å²) in [5, 5.41) is 0. The maximum atomic E-state index is 12.1. The van der Waals surface area contributed by atoms with E-state index in [9.17, 15) is 9.59 Å². The summed E-state index contributed by atoms with van der Waals surface area (Å²) in [6, 6.07) is 0. The Labute approximate surface area is 119 Å². The third-order valence-corrected chi connectivity index (χ3v) is 2.86. The van der Waals surface area contributed by atoms with Crippen LogP contribution in [-0.2, 0) is 22.3 Å². The highest BCUT2D eigenvalue weighted by atomic mass is 16.5. The second-order valence-corrected chi connectivity index (χ2v) is 4.25. The molecule has 0 N–H and O–H groups in total. The fourth-order valence-electron chi connectivity index (χ4n) is 2.07. The van der Waals surface area contributed by atoms with Crippen molar-refractivity contribution in [3.05, 3.63) is 22.6 Å². The maximum Gasteiger partial charge on any atom is 0.375 e. The molecule has 0 aromatic carbocycles. The highest BCUT2D eigenvalue weighted by Gasteiger charge is 2.30. The number of rotatable bonds is 7. The molecule has 1 aromatic heterocycles. The zero-order chi connectivity index (χ0) is 15.1. The molecule has 0 bridgehead atoms. The van der Waals surface area contributed by atoms with Crippen LogP contribution >= 0.6 is 0 Å². The molecule has 5 nitrogen and oxygen atoms in total. The SMILES string of the molecule is CCCc1oc(C(=O)OCC)c(C(=O)OCC)c1CC. The molecule has 0 unspecified atom stereocenters. The van der Waals surface area contributed by atoms with E-state index in [-0.39, 0.29) is 24.5 Å². The van der Waals surface area contributed by atoms with Gasteiger partial charge in [0.25, 0.3) is 0 Å². The maximum absolute atomic E-state index is 12.1. The van der Waals surface area contributed by atoms with E-state index in [0.29, 0.717) is 18.6 Å². The molecule has 112 valence electrons. The van der Waals surface area contributed by atoms with Gasteiger partial charge in [0.15, 0.2) is 0 Å². The van der Waals surface area contributed by atoms with E-state index in [2.05, 4.69) is 0 Å². The van der Waals surface area contributed by atoms with Crippen molar-refractivity contribution in [1.82, 2.24) is 0 Å². The molecule has 0 aliphatic carbocycles. The van der Waals surface area contributed by atoms with Crippen LogP contribution in [0.5, 0.6) is 0 Å². The van der Waals surface area contributed by atoms with Crippen molar-refractivity contribution in [2.24, 2.45) is 0 Å². The summed E-state index contributed by atoms with van der Waals surface area (Å²) in [6.45, 7) is 7.84. The summed E-state index contributed by atoms with van der Waals surface area (Å²) in [5.74, 6) is -0.516. The first-order valence-electron chi connectivity index (χ1n) is 7.09. The number of furan rings is 1. The third kappa shape index (κ3) is 3.40. The number of hydrogen-bond acceptors (Lipinski definition) is 5. The molecular weight excluding hydrogens is 260 g/mol. The van der Waals surface area contributed by atoms with Gasteiger partial charge in [0.1, 0.15) is 11.3 Å². The molecular formula is C15H22O5. The van der Waals surface area contributed by atoms with Crippen molar-refractivity contribution in [2.75, 3.05) is 13.2 Å². The van der Waals surface area contributed by atoms with Gasteiger partial charge in [0.2, 0.25) is 5.76 Å². The van der Waals surface area contributed by atoms with Gasteiger partial charge in [-0.05, 0) is 26.7 Å². The van der Waals surface area contributed by atoms with Gasteiger partial charge in [-0.3, -0.25) is 0 Å². The standard InChI is InChI=1S/C15H22O5/c1-5-9-11-10(6-2)12(14(16)18-7-3)13(20-11)15(17)19-8-4/h5-9H2,1-4H3. The molecule has 0 saturated carbocycles. The highest BCUT2D eigenvalue weighted by molar-refractivity contribution is 6.02. The van der Waals surface area contributed by atoms with Gasteiger partial charge in [-0.25, -0.2) is 9.59 Å².